The fraction of sp³-hybridized carbons (Fsp3) is 0.529. The van der Waals surface area contributed by atoms with Crippen LogP contribution in [0.2, 0.25) is 0 Å². The van der Waals surface area contributed by atoms with Crippen LogP contribution in [-0.4, -0.2) is 74.9 Å². The van der Waals surface area contributed by atoms with Crippen LogP contribution in [-0.2, 0) is 110 Å². The van der Waals surface area contributed by atoms with Crippen molar-refractivity contribution in [1.82, 2.24) is 0 Å². The third-order valence-corrected chi connectivity index (χ3v) is 20.5. The SMILES string of the molecule is C=C(Cc1cc(C(C)(C)C)c(O)c(C(C)(C)C)c1)C(=O)O.C=C(Cc1cc(C(C)(C)C)c(O)c(C(C)(C)C)c1)C(=O)O.C=C(Cc1cc(C(C)(C)C)c(O)c(C(C)(C)C)c1)C(=O)O.C=C(Cc1cc(C(C)(C)C)c(O)c(C(C)(C)C)c1)C(=O)O.CC(c1cc(C(C)(C)C)c(O)c(C(C)(C)C)c1)c1cc(C(C)(C)C)c(O)c(C(C)(C)C)c1. The summed E-state index contributed by atoms with van der Waals surface area (Å²) in [5.41, 5.74) is 14.7. The third-order valence-electron chi connectivity index (χ3n) is 20.5. The molecule has 0 aliphatic carbocycles. The van der Waals surface area contributed by atoms with E-state index in [0.717, 1.165) is 89.0 Å². The zero-order valence-corrected chi connectivity index (χ0v) is 78.3. The number of aromatic hydroxyl groups is 6. The molecule has 116 heavy (non-hydrogen) atoms. The van der Waals surface area contributed by atoms with E-state index in [1.54, 1.807) is 0 Å². The molecule has 0 fully saturated rings. The lowest BCUT2D eigenvalue weighted by molar-refractivity contribution is -0.133. The Morgan fingerprint density at radius 1 is 0.224 bits per heavy atom. The van der Waals surface area contributed by atoms with E-state index >= 15 is 0 Å². The van der Waals surface area contributed by atoms with Gasteiger partial charge in [0, 0.05) is 53.9 Å². The van der Waals surface area contributed by atoms with Gasteiger partial charge in [-0.1, -0.05) is 355 Å². The second kappa shape index (κ2) is 36.9. The molecule has 6 aromatic carbocycles. The van der Waals surface area contributed by atoms with Crippen molar-refractivity contribution in [1.29, 1.82) is 0 Å². The predicted octanol–water partition coefficient (Wildman–Crippen LogP) is 25.1. The molecule has 0 bridgehead atoms. The van der Waals surface area contributed by atoms with Crippen molar-refractivity contribution in [2.24, 2.45) is 0 Å². The van der Waals surface area contributed by atoms with Crippen molar-refractivity contribution in [2.45, 2.75) is 353 Å². The number of hydrogen-bond donors (Lipinski definition) is 10. The summed E-state index contributed by atoms with van der Waals surface area (Å²) >= 11 is 0. The minimum atomic E-state index is -0.988. The molecule has 0 saturated heterocycles. The number of carbonyl (C=O) groups is 4. The summed E-state index contributed by atoms with van der Waals surface area (Å²) in [5, 5.41) is 101. The molecule has 0 saturated carbocycles. The highest BCUT2D eigenvalue weighted by Crippen LogP contribution is 2.48. The molecular weight excluding hydrogens is 1450 g/mol. The molecule has 0 heterocycles. The first-order valence-corrected chi connectivity index (χ1v) is 40.4. The number of aliphatic carboxylic acids is 4. The van der Waals surface area contributed by atoms with Gasteiger partial charge in [-0.3, -0.25) is 0 Å². The Morgan fingerprint density at radius 2 is 0.319 bits per heavy atom. The molecule has 0 atom stereocenters. The molecule has 0 aliphatic rings. The molecule has 0 spiro atoms. The maximum absolute atomic E-state index is 11.1. The Morgan fingerprint density at radius 3 is 0.405 bits per heavy atom. The van der Waals surface area contributed by atoms with Crippen molar-refractivity contribution in [3.05, 3.63) is 222 Å². The fourth-order valence-electron chi connectivity index (χ4n) is 13.3. The van der Waals surface area contributed by atoms with Gasteiger partial charge in [0.1, 0.15) is 34.5 Å². The molecule has 0 unspecified atom stereocenters. The van der Waals surface area contributed by atoms with Gasteiger partial charge in [0.15, 0.2) is 0 Å². The van der Waals surface area contributed by atoms with Crippen LogP contribution in [0.15, 0.2) is 121 Å². The monoisotopic (exact) mass is 1600 g/mol. The zero-order chi connectivity index (χ0) is 91.4. The van der Waals surface area contributed by atoms with Crippen LogP contribution in [0.3, 0.4) is 0 Å². The minimum absolute atomic E-state index is 0.126. The highest BCUT2D eigenvalue weighted by molar-refractivity contribution is 5.88. The quantitative estimate of drug-likeness (QED) is 0.0455. The van der Waals surface area contributed by atoms with E-state index in [-0.39, 0.29) is 119 Å². The van der Waals surface area contributed by atoms with Gasteiger partial charge in [-0.25, -0.2) is 19.2 Å². The van der Waals surface area contributed by atoms with Crippen molar-refractivity contribution in [2.75, 3.05) is 0 Å². The first-order chi connectivity index (χ1) is 51.5. The van der Waals surface area contributed by atoms with Crippen LogP contribution in [0.5, 0.6) is 34.5 Å². The van der Waals surface area contributed by atoms with Crippen molar-refractivity contribution < 1.29 is 70.2 Å². The topological polar surface area (TPSA) is 271 Å². The highest BCUT2D eigenvalue weighted by Gasteiger charge is 2.35. The molecule has 6 aromatic rings. The predicted molar refractivity (Wildman–Crippen MR) is 482 cm³/mol. The van der Waals surface area contributed by atoms with Crippen LogP contribution in [0.25, 0.3) is 0 Å². The summed E-state index contributed by atoms with van der Waals surface area (Å²) in [5.74, 6) is -1.78. The first-order valence-electron chi connectivity index (χ1n) is 40.4. The average molecular weight is 1600 g/mol. The number of rotatable bonds is 14. The standard InChI is InChI=1S/C30H46O2.4C18H26O3/c1-18(19-14-21(27(2,3)4)25(31)22(15-19)28(5,6)7)20-16-23(29(8,9)10)26(32)24(17-20)30(11,12)13;4*1-11(16(20)21)8-12-9-13(17(2,3)4)15(19)14(10-12)18(5,6)7/h14-18,31-32H,1-13H3;4*9-10,19H,1,8H2,2-7H3,(H,20,21). The third kappa shape index (κ3) is 28.7. The van der Waals surface area contributed by atoms with E-state index < -0.39 is 23.9 Å². The van der Waals surface area contributed by atoms with Gasteiger partial charge in [0.2, 0.25) is 0 Å². The maximum Gasteiger partial charge on any atom is 0.331 e. The fourth-order valence-corrected chi connectivity index (χ4v) is 13.3. The van der Waals surface area contributed by atoms with E-state index in [1.165, 1.54) is 11.1 Å². The van der Waals surface area contributed by atoms with Crippen LogP contribution in [0.1, 0.15) is 362 Å². The van der Waals surface area contributed by atoms with Crippen LogP contribution >= 0.6 is 0 Å². The van der Waals surface area contributed by atoms with Crippen molar-refractivity contribution in [3.8, 4) is 34.5 Å². The van der Waals surface area contributed by atoms with Crippen LogP contribution in [0, 0.1) is 0 Å². The minimum Gasteiger partial charge on any atom is -0.507 e. The number of hydrogen-bond acceptors (Lipinski definition) is 10. The number of phenolic OH excluding ortho intramolecular Hbond substituents is 6. The van der Waals surface area contributed by atoms with E-state index in [9.17, 15) is 49.8 Å². The maximum atomic E-state index is 11.1. The molecule has 10 N–H and O–H groups in total. The smallest absolute Gasteiger partial charge is 0.331 e. The summed E-state index contributed by atoms with van der Waals surface area (Å²) in [6.07, 6.45) is 1.12. The highest BCUT2D eigenvalue weighted by atomic mass is 16.4. The van der Waals surface area contributed by atoms with E-state index in [1.807, 2.05) is 215 Å². The molecule has 14 heteroatoms. The molecule has 0 aromatic heterocycles. The molecular formula is C102H150O14. The van der Waals surface area contributed by atoms with E-state index in [2.05, 4.69) is 141 Å². The first kappa shape index (κ1) is 103. The Bertz CT molecular complexity index is 3890. The van der Waals surface area contributed by atoms with Gasteiger partial charge >= 0.3 is 23.9 Å². The van der Waals surface area contributed by atoms with E-state index in [0.29, 0.717) is 34.5 Å². The second-order valence-electron chi connectivity index (χ2n) is 44.2. The molecule has 0 radical (unpaired) electrons. The van der Waals surface area contributed by atoms with Crippen LogP contribution < -0.4 is 0 Å². The van der Waals surface area contributed by atoms with Gasteiger partial charge in [-0.2, -0.15) is 0 Å². The van der Waals surface area contributed by atoms with Gasteiger partial charge in [0.05, 0.1) is 0 Å². The van der Waals surface area contributed by atoms with Crippen molar-refractivity contribution >= 4 is 23.9 Å². The Labute approximate surface area is 699 Å². The average Bonchev–Trinajstić information content (AvgIpc) is 0.780. The second-order valence-corrected chi connectivity index (χ2v) is 44.2. The summed E-state index contributed by atoms with van der Waals surface area (Å²) < 4.78 is 0. The summed E-state index contributed by atoms with van der Waals surface area (Å²) in [4.78, 5) is 43.9. The molecule has 642 valence electrons. The lowest BCUT2D eigenvalue weighted by Crippen LogP contribution is -2.19. The lowest BCUT2D eigenvalue weighted by atomic mass is 9.74. The molecule has 14 nitrogen and oxygen atoms in total. The number of benzene rings is 6. The Balaban J connectivity index is 0.000000498. The Hall–Kier alpha value is -9.04. The normalized spacial score (nSPS) is 12.7. The number of carboxylic acid groups (broad SMARTS) is 4. The van der Waals surface area contributed by atoms with Gasteiger partial charge < -0.3 is 51.1 Å². The van der Waals surface area contributed by atoms with Gasteiger partial charge in [0.25, 0.3) is 0 Å². The number of carboxylic acids is 4. The molecule has 0 amide bonds. The van der Waals surface area contributed by atoms with Gasteiger partial charge in [-0.15, -0.1) is 0 Å². The Kier molecular flexibility index (Phi) is 32.7. The van der Waals surface area contributed by atoms with Crippen LogP contribution in [0.4, 0.5) is 0 Å². The number of phenols is 6. The zero-order valence-electron chi connectivity index (χ0n) is 78.3. The van der Waals surface area contributed by atoms with Crippen molar-refractivity contribution in [3.63, 3.8) is 0 Å². The largest absolute Gasteiger partial charge is 0.507 e. The lowest BCUT2D eigenvalue weighted by Gasteiger charge is -2.31. The molecule has 0 aliphatic heterocycles. The molecule has 6 rings (SSSR count). The summed E-state index contributed by atoms with van der Waals surface area (Å²) in [6.45, 7) is 91.2. The van der Waals surface area contributed by atoms with Gasteiger partial charge in [-0.05, 0) is 165 Å². The summed E-state index contributed by atoms with van der Waals surface area (Å²) in [6, 6.07) is 23.8. The van der Waals surface area contributed by atoms with E-state index in [4.69, 9.17) is 20.4 Å². The summed E-state index contributed by atoms with van der Waals surface area (Å²) in [7, 11) is 0.